The minimum absolute atomic E-state index is 0.0234. The summed E-state index contributed by atoms with van der Waals surface area (Å²) >= 11 is 0. The fraction of sp³-hybridized carbons (Fsp3) is 0.417. The van der Waals surface area contributed by atoms with E-state index in [1.807, 2.05) is 30.3 Å². The molecule has 0 fully saturated rings. The van der Waals surface area contributed by atoms with Gasteiger partial charge in [-0.2, -0.15) is 0 Å². The van der Waals surface area contributed by atoms with Gasteiger partial charge in [0.25, 0.3) is 0 Å². The Bertz CT molecular complexity index is 311. The van der Waals surface area contributed by atoms with Gasteiger partial charge in [-0.05, 0) is 12.0 Å². The monoisotopic (exact) mass is 207 g/mol. The highest BCUT2D eigenvalue weighted by Gasteiger charge is 2.09. The smallest absolute Gasteiger partial charge is 0.219 e. The van der Waals surface area contributed by atoms with Gasteiger partial charge in [0, 0.05) is 20.5 Å². The van der Waals surface area contributed by atoms with Crippen LogP contribution in [0.4, 0.5) is 0 Å². The average molecular weight is 207 g/mol. The van der Waals surface area contributed by atoms with Gasteiger partial charge in [0.15, 0.2) is 0 Å². The van der Waals surface area contributed by atoms with Crippen LogP contribution in [0.15, 0.2) is 30.3 Å². The van der Waals surface area contributed by atoms with Crippen molar-refractivity contribution in [2.24, 2.45) is 0 Å². The number of hydrogen-bond acceptors (Lipinski definition) is 2. The molecule has 0 aliphatic carbocycles. The van der Waals surface area contributed by atoms with E-state index in [-0.39, 0.29) is 5.91 Å². The van der Waals surface area contributed by atoms with Crippen LogP contribution in [0.1, 0.15) is 25.0 Å². The lowest BCUT2D eigenvalue weighted by Crippen LogP contribution is -2.26. The van der Waals surface area contributed by atoms with Crippen molar-refractivity contribution in [2.75, 3.05) is 13.6 Å². The molecule has 0 spiro atoms. The number of rotatable bonds is 4. The zero-order valence-electron chi connectivity index (χ0n) is 9.18. The quantitative estimate of drug-likeness (QED) is 0.814. The molecule has 82 valence electrons. The molecule has 0 radical (unpaired) electrons. The number of carbonyl (C=O) groups excluding carboxylic acids is 1. The molecule has 1 N–H and O–H groups in total. The highest BCUT2D eigenvalue weighted by atomic mass is 16.3. The van der Waals surface area contributed by atoms with Gasteiger partial charge in [-0.25, -0.2) is 0 Å². The number of amides is 1. The van der Waals surface area contributed by atoms with Gasteiger partial charge >= 0.3 is 0 Å². The van der Waals surface area contributed by atoms with Crippen LogP contribution in [0.5, 0.6) is 0 Å². The van der Waals surface area contributed by atoms with Gasteiger partial charge < -0.3 is 10.0 Å². The Kier molecular flexibility index (Phi) is 4.31. The second kappa shape index (κ2) is 5.51. The van der Waals surface area contributed by atoms with Crippen LogP contribution in [0, 0.1) is 0 Å². The van der Waals surface area contributed by atoms with Crippen LogP contribution in [0.2, 0.25) is 0 Å². The number of aliphatic hydroxyl groups is 1. The molecule has 1 atom stereocenters. The van der Waals surface area contributed by atoms with Crippen molar-refractivity contribution in [2.45, 2.75) is 19.4 Å². The standard InChI is InChI=1S/C12H17NO2/c1-10(14)13(2)9-8-12(15)11-6-4-3-5-7-11/h3-7,12,15H,8-9H2,1-2H3/t12-/m0/s1. The number of nitrogens with zero attached hydrogens (tertiary/aromatic N) is 1. The molecule has 0 saturated carbocycles. The molecule has 1 aromatic carbocycles. The molecule has 0 bridgehead atoms. The summed E-state index contributed by atoms with van der Waals surface area (Å²) in [6.07, 6.45) is 0.0769. The van der Waals surface area contributed by atoms with Crippen LogP contribution in [0.25, 0.3) is 0 Å². The number of carbonyl (C=O) groups is 1. The molecule has 1 rings (SSSR count). The van der Waals surface area contributed by atoms with Gasteiger partial charge in [-0.3, -0.25) is 4.79 Å². The summed E-state index contributed by atoms with van der Waals surface area (Å²) in [5, 5.41) is 9.81. The fourth-order valence-electron chi connectivity index (χ4n) is 1.32. The summed E-state index contributed by atoms with van der Waals surface area (Å²) in [5.74, 6) is 0.0234. The van der Waals surface area contributed by atoms with Crippen molar-refractivity contribution >= 4 is 5.91 Å². The maximum Gasteiger partial charge on any atom is 0.219 e. The van der Waals surface area contributed by atoms with E-state index in [0.29, 0.717) is 13.0 Å². The maximum absolute atomic E-state index is 10.9. The lowest BCUT2D eigenvalue weighted by Gasteiger charge is -2.17. The van der Waals surface area contributed by atoms with Crippen LogP contribution in [-0.4, -0.2) is 29.5 Å². The predicted molar refractivity (Wildman–Crippen MR) is 59.3 cm³/mol. The Morgan fingerprint density at radius 2 is 2.00 bits per heavy atom. The lowest BCUT2D eigenvalue weighted by atomic mass is 10.1. The average Bonchev–Trinajstić information content (AvgIpc) is 2.26. The highest BCUT2D eigenvalue weighted by molar-refractivity contribution is 5.72. The van der Waals surface area contributed by atoms with Gasteiger partial charge in [-0.15, -0.1) is 0 Å². The first-order valence-corrected chi connectivity index (χ1v) is 5.06. The van der Waals surface area contributed by atoms with Gasteiger partial charge in [0.05, 0.1) is 6.10 Å². The second-order valence-corrected chi connectivity index (χ2v) is 3.66. The summed E-state index contributed by atoms with van der Waals surface area (Å²) in [4.78, 5) is 12.5. The summed E-state index contributed by atoms with van der Waals surface area (Å²) in [7, 11) is 1.74. The molecule has 15 heavy (non-hydrogen) atoms. The topological polar surface area (TPSA) is 40.5 Å². The van der Waals surface area contributed by atoms with Crippen LogP contribution in [0.3, 0.4) is 0 Å². The van der Waals surface area contributed by atoms with Gasteiger partial charge in [0.1, 0.15) is 0 Å². The summed E-state index contributed by atoms with van der Waals surface area (Å²) in [5.41, 5.74) is 0.898. The molecular formula is C12H17NO2. The Balaban J connectivity index is 2.43. The third-order valence-corrected chi connectivity index (χ3v) is 2.46. The van der Waals surface area contributed by atoms with Crippen molar-refractivity contribution in [3.05, 3.63) is 35.9 Å². The molecule has 0 saturated heterocycles. The molecule has 0 unspecified atom stereocenters. The Morgan fingerprint density at radius 1 is 1.40 bits per heavy atom. The van der Waals surface area contributed by atoms with Crippen molar-refractivity contribution in [1.82, 2.24) is 4.90 Å². The molecule has 3 nitrogen and oxygen atoms in total. The SMILES string of the molecule is CC(=O)N(C)CC[C@H](O)c1ccccc1. The van der Waals surface area contributed by atoms with Crippen molar-refractivity contribution in [1.29, 1.82) is 0 Å². The van der Waals surface area contributed by atoms with Crippen LogP contribution in [-0.2, 0) is 4.79 Å². The number of aliphatic hydroxyl groups excluding tert-OH is 1. The fourth-order valence-corrected chi connectivity index (χ4v) is 1.32. The van der Waals surface area contributed by atoms with E-state index in [2.05, 4.69) is 0 Å². The molecule has 0 heterocycles. The van der Waals surface area contributed by atoms with E-state index >= 15 is 0 Å². The van der Waals surface area contributed by atoms with E-state index in [1.165, 1.54) is 6.92 Å². The third kappa shape index (κ3) is 3.72. The summed E-state index contributed by atoms with van der Waals surface area (Å²) < 4.78 is 0. The van der Waals surface area contributed by atoms with E-state index in [0.717, 1.165) is 5.56 Å². The molecular weight excluding hydrogens is 190 g/mol. The zero-order valence-corrected chi connectivity index (χ0v) is 9.18. The minimum Gasteiger partial charge on any atom is -0.388 e. The second-order valence-electron chi connectivity index (χ2n) is 3.66. The Hall–Kier alpha value is -1.35. The Morgan fingerprint density at radius 3 is 2.53 bits per heavy atom. The van der Waals surface area contributed by atoms with E-state index in [4.69, 9.17) is 0 Å². The van der Waals surface area contributed by atoms with Crippen molar-refractivity contribution in [3.63, 3.8) is 0 Å². The van der Waals surface area contributed by atoms with E-state index < -0.39 is 6.10 Å². The predicted octanol–water partition coefficient (Wildman–Crippen LogP) is 1.59. The molecule has 1 amide bonds. The van der Waals surface area contributed by atoms with E-state index in [1.54, 1.807) is 11.9 Å². The van der Waals surface area contributed by atoms with E-state index in [9.17, 15) is 9.90 Å². The highest BCUT2D eigenvalue weighted by Crippen LogP contribution is 2.15. The number of hydrogen-bond donors (Lipinski definition) is 1. The van der Waals surface area contributed by atoms with Crippen LogP contribution < -0.4 is 0 Å². The van der Waals surface area contributed by atoms with Crippen molar-refractivity contribution < 1.29 is 9.90 Å². The third-order valence-electron chi connectivity index (χ3n) is 2.46. The van der Waals surface area contributed by atoms with Crippen molar-refractivity contribution in [3.8, 4) is 0 Å². The minimum atomic E-state index is -0.493. The molecule has 1 aromatic rings. The normalized spacial score (nSPS) is 12.2. The van der Waals surface area contributed by atoms with Gasteiger partial charge in [0.2, 0.25) is 5.91 Å². The summed E-state index contributed by atoms with van der Waals surface area (Å²) in [6, 6.07) is 9.48. The largest absolute Gasteiger partial charge is 0.388 e. The molecule has 3 heteroatoms. The maximum atomic E-state index is 10.9. The molecule has 0 aromatic heterocycles. The lowest BCUT2D eigenvalue weighted by molar-refractivity contribution is -0.127. The first-order chi connectivity index (χ1) is 7.11. The molecule has 0 aliphatic rings. The summed E-state index contributed by atoms with van der Waals surface area (Å²) in [6.45, 7) is 2.10. The molecule has 0 aliphatic heterocycles. The zero-order chi connectivity index (χ0) is 11.3. The first kappa shape index (κ1) is 11.7. The Labute approximate surface area is 90.3 Å². The van der Waals surface area contributed by atoms with Gasteiger partial charge in [-0.1, -0.05) is 30.3 Å². The first-order valence-electron chi connectivity index (χ1n) is 5.06. The van der Waals surface area contributed by atoms with Crippen LogP contribution >= 0.6 is 0 Å². The number of benzene rings is 1.